The molecule has 0 saturated carbocycles. The number of carboxylic acids is 1. The maximum absolute atomic E-state index is 11.8. The van der Waals surface area contributed by atoms with Gasteiger partial charge >= 0.3 is 12.0 Å². The number of carbonyl (C=O) groups excluding carboxylic acids is 1. The Labute approximate surface area is 126 Å². The van der Waals surface area contributed by atoms with Gasteiger partial charge in [0.1, 0.15) is 11.3 Å². The molecule has 0 radical (unpaired) electrons. The van der Waals surface area contributed by atoms with E-state index in [1.54, 1.807) is 0 Å². The number of urea groups is 1. The molecule has 2 rings (SSSR count). The van der Waals surface area contributed by atoms with Crippen molar-refractivity contribution < 1.29 is 19.8 Å². The quantitative estimate of drug-likeness (QED) is 0.640. The molecule has 1 aromatic carbocycles. The summed E-state index contributed by atoms with van der Waals surface area (Å²) in [6.45, 7) is 2.68. The van der Waals surface area contributed by atoms with Gasteiger partial charge in [-0.05, 0) is 43.7 Å². The van der Waals surface area contributed by atoms with Crippen LogP contribution in [-0.4, -0.2) is 39.3 Å². The summed E-state index contributed by atoms with van der Waals surface area (Å²) in [6.07, 6.45) is 2.23. The minimum absolute atomic E-state index is 0.0680. The first kappa shape index (κ1) is 15.5. The van der Waals surface area contributed by atoms with Gasteiger partial charge in [0.2, 0.25) is 0 Å². The van der Waals surface area contributed by atoms with Crippen LogP contribution in [0.2, 0.25) is 0 Å². The highest BCUT2D eigenvalue weighted by Gasteiger charge is 2.29. The second-order valence-electron chi connectivity index (χ2n) is 5.25. The summed E-state index contributed by atoms with van der Waals surface area (Å²) in [4.78, 5) is 22.7. The lowest BCUT2D eigenvalue weighted by Gasteiger charge is -2.22. The molecular weight excluding hydrogens is 292 g/mol. The second kappa shape index (κ2) is 6.26. The highest BCUT2D eigenvalue weighted by Crippen LogP contribution is 2.36. The maximum Gasteiger partial charge on any atom is 0.339 e. The van der Waals surface area contributed by atoms with Crippen LogP contribution in [0.25, 0.3) is 0 Å². The van der Waals surface area contributed by atoms with E-state index in [1.165, 1.54) is 18.2 Å². The molecule has 1 aliphatic rings. The Morgan fingerprint density at radius 3 is 2.81 bits per heavy atom. The van der Waals surface area contributed by atoms with E-state index >= 15 is 0 Å². The number of rotatable bonds is 4. The highest BCUT2D eigenvalue weighted by molar-refractivity contribution is 8.00. The van der Waals surface area contributed by atoms with Crippen LogP contribution in [0.3, 0.4) is 0 Å². The molecule has 1 fully saturated rings. The molecule has 2 amide bonds. The number of carbonyl (C=O) groups is 2. The minimum Gasteiger partial charge on any atom is -0.507 e. The molecular formula is C14H18N2O4S. The van der Waals surface area contributed by atoms with Crippen LogP contribution in [0.15, 0.2) is 18.2 Å². The van der Waals surface area contributed by atoms with Crippen LogP contribution in [0.5, 0.6) is 5.75 Å². The minimum atomic E-state index is -1.24. The van der Waals surface area contributed by atoms with Crippen molar-refractivity contribution in [2.75, 3.05) is 17.6 Å². The van der Waals surface area contributed by atoms with E-state index in [1.807, 2.05) is 11.8 Å². The lowest BCUT2D eigenvalue weighted by atomic mass is 10.1. The van der Waals surface area contributed by atoms with Crippen molar-refractivity contribution in [3.63, 3.8) is 0 Å². The van der Waals surface area contributed by atoms with Crippen LogP contribution < -0.4 is 10.6 Å². The number of amides is 2. The van der Waals surface area contributed by atoms with Crippen molar-refractivity contribution in [1.82, 2.24) is 5.32 Å². The number of anilines is 1. The molecule has 7 heteroatoms. The number of hydrogen-bond donors (Lipinski definition) is 4. The van der Waals surface area contributed by atoms with Gasteiger partial charge in [-0.3, -0.25) is 0 Å². The average molecular weight is 310 g/mol. The standard InChI is InChI=1S/C14H18N2O4S/c1-14(5-2-6-21-14)8-15-13(20)16-9-3-4-11(17)10(7-9)12(18)19/h3-4,7,17H,2,5-6,8H2,1H3,(H,18,19)(H2,15,16,20). The van der Waals surface area contributed by atoms with Crippen molar-refractivity contribution in [3.05, 3.63) is 23.8 Å². The maximum atomic E-state index is 11.8. The van der Waals surface area contributed by atoms with Crippen molar-refractivity contribution in [1.29, 1.82) is 0 Å². The van der Waals surface area contributed by atoms with Crippen LogP contribution in [-0.2, 0) is 0 Å². The zero-order chi connectivity index (χ0) is 15.5. The Morgan fingerprint density at radius 2 is 2.19 bits per heavy atom. The van der Waals surface area contributed by atoms with E-state index in [9.17, 15) is 14.7 Å². The Kier molecular flexibility index (Phi) is 4.62. The van der Waals surface area contributed by atoms with Gasteiger partial charge in [-0.25, -0.2) is 9.59 Å². The largest absolute Gasteiger partial charge is 0.507 e. The molecule has 0 aliphatic carbocycles. The molecule has 1 heterocycles. The SMILES string of the molecule is CC1(CNC(=O)Nc2ccc(O)c(C(=O)O)c2)CCCS1. The number of benzene rings is 1. The van der Waals surface area contributed by atoms with Gasteiger partial charge in [-0.15, -0.1) is 0 Å². The molecule has 1 unspecified atom stereocenters. The topological polar surface area (TPSA) is 98.7 Å². The molecule has 0 aromatic heterocycles. The van der Waals surface area contributed by atoms with E-state index in [2.05, 4.69) is 17.6 Å². The van der Waals surface area contributed by atoms with Gasteiger partial charge in [-0.2, -0.15) is 11.8 Å². The van der Waals surface area contributed by atoms with Crippen molar-refractivity contribution >= 4 is 29.4 Å². The van der Waals surface area contributed by atoms with Crippen LogP contribution in [0.1, 0.15) is 30.1 Å². The number of thioether (sulfide) groups is 1. The Morgan fingerprint density at radius 1 is 1.43 bits per heavy atom. The number of aromatic hydroxyl groups is 1. The fraction of sp³-hybridized carbons (Fsp3) is 0.429. The Bertz CT molecular complexity index is 556. The first-order chi connectivity index (χ1) is 9.89. The first-order valence-corrected chi connectivity index (χ1v) is 7.63. The van der Waals surface area contributed by atoms with E-state index in [0.29, 0.717) is 12.2 Å². The number of nitrogens with one attached hydrogen (secondary N) is 2. The van der Waals surface area contributed by atoms with Crippen LogP contribution in [0.4, 0.5) is 10.5 Å². The van der Waals surface area contributed by atoms with Gasteiger partial charge in [0.25, 0.3) is 0 Å². The van der Waals surface area contributed by atoms with E-state index < -0.39 is 5.97 Å². The zero-order valence-corrected chi connectivity index (χ0v) is 12.5. The molecule has 6 nitrogen and oxygen atoms in total. The third-order valence-corrected chi connectivity index (χ3v) is 4.95. The molecule has 1 aromatic rings. The molecule has 114 valence electrons. The fourth-order valence-electron chi connectivity index (χ4n) is 2.20. The van der Waals surface area contributed by atoms with Gasteiger partial charge < -0.3 is 20.8 Å². The lowest BCUT2D eigenvalue weighted by molar-refractivity contribution is 0.0693. The summed E-state index contributed by atoms with van der Waals surface area (Å²) in [6, 6.07) is 3.54. The van der Waals surface area contributed by atoms with Crippen LogP contribution >= 0.6 is 11.8 Å². The zero-order valence-electron chi connectivity index (χ0n) is 11.7. The Hall–Kier alpha value is -1.89. The number of phenols is 1. The molecule has 4 N–H and O–H groups in total. The molecule has 1 aliphatic heterocycles. The van der Waals surface area contributed by atoms with E-state index in [4.69, 9.17) is 5.11 Å². The molecule has 1 saturated heterocycles. The molecule has 0 spiro atoms. The summed E-state index contributed by atoms with van der Waals surface area (Å²) in [5, 5.41) is 23.7. The molecule has 1 atom stereocenters. The van der Waals surface area contributed by atoms with Crippen molar-refractivity contribution in [2.45, 2.75) is 24.5 Å². The lowest BCUT2D eigenvalue weighted by Crippen LogP contribution is -2.39. The smallest absolute Gasteiger partial charge is 0.339 e. The summed E-state index contributed by atoms with van der Waals surface area (Å²) in [7, 11) is 0. The highest BCUT2D eigenvalue weighted by atomic mass is 32.2. The number of carboxylic acid groups (broad SMARTS) is 1. The summed E-state index contributed by atoms with van der Waals surface area (Å²) in [5.41, 5.74) is 0.0815. The molecule has 21 heavy (non-hydrogen) atoms. The third kappa shape index (κ3) is 4.04. The van der Waals surface area contributed by atoms with Crippen molar-refractivity contribution in [2.24, 2.45) is 0 Å². The fourth-order valence-corrected chi connectivity index (χ4v) is 3.45. The monoisotopic (exact) mass is 310 g/mol. The predicted octanol–water partition coefficient (Wildman–Crippen LogP) is 2.50. The summed E-state index contributed by atoms with van der Waals surface area (Å²) < 4.78 is 0.0680. The third-order valence-electron chi connectivity index (χ3n) is 3.41. The summed E-state index contributed by atoms with van der Waals surface area (Å²) in [5.74, 6) is -0.463. The van der Waals surface area contributed by atoms with Gasteiger partial charge in [0.15, 0.2) is 0 Å². The number of aromatic carboxylic acids is 1. The van der Waals surface area contributed by atoms with E-state index in [-0.39, 0.29) is 22.1 Å². The molecule has 0 bridgehead atoms. The Balaban J connectivity index is 1.93. The summed E-state index contributed by atoms with van der Waals surface area (Å²) >= 11 is 1.85. The van der Waals surface area contributed by atoms with Gasteiger partial charge in [-0.1, -0.05) is 0 Å². The second-order valence-corrected chi connectivity index (χ2v) is 6.93. The predicted molar refractivity (Wildman–Crippen MR) is 82.2 cm³/mol. The number of hydrogen-bond acceptors (Lipinski definition) is 4. The average Bonchev–Trinajstić information content (AvgIpc) is 2.86. The van der Waals surface area contributed by atoms with Crippen molar-refractivity contribution in [3.8, 4) is 5.75 Å². The first-order valence-electron chi connectivity index (χ1n) is 6.65. The van der Waals surface area contributed by atoms with Crippen LogP contribution in [0, 0.1) is 0 Å². The van der Waals surface area contributed by atoms with E-state index in [0.717, 1.165) is 18.6 Å². The van der Waals surface area contributed by atoms with Gasteiger partial charge in [0.05, 0.1) is 0 Å². The van der Waals surface area contributed by atoms with Gasteiger partial charge in [0, 0.05) is 17.0 Å². The normalized spacial score (nSPS) is 21.0.